The van der Waals surface area contributed by atoms with Crippen molar-refractivity contribution in [2.45, 2.75) is 12.8 Å². The van der Waals surface area contributed by atoms with Gasteiger partial charge in [-0.2, -0.15) is 0 Å². The molecular formula is C11H16N4O3. The highest BCUT2D eigenvalue weighted by atomic mass is 16.2. The molecule has 1 saturated heterocycles. The van der Waals surface area contributed by atoms with E-state index in [4.69, 9.17) is 5.73 Å². The minimum atomic E-state index is -0.648. The molecule has 7 heteroatoms. The first kappa shape index (κ1) is 12.6. The number of nitrogens with one attached hydrogen (secondary N) is 2. The van der Waals surface area contributed by atoms with Crippen LogP contribution in [-0.4, -0.2) is 40.4 Å². The van der Waals surface area contributed by atoms with Gasteiger partial charge in [0.25, 0.3) is 11.5 Å². The van der Waals surface area contributed by atoms with Crippen molar-refractivity contribution in [2.75, 3.05) is 19.6 Å². The zero-order valence-electron chi connectivity index (χ0n) is 9.94. The van der Waals surface area contributed by atoms with Crippen LogP contribution in [0.25, 0.3) is 0 Å². The number of aromatic nitrogens is 2. The van der Waals surface area contributed by atoms with E-state index in [1.54, 1.807) is 4.90 Å². The number of carbonyl (C=O) groups excluding carboxylic acids is 1. The average Bonchev–Trinajstić information content (AvgIpc) is 2.38. The van der Waals surface area contributed by atoms with Gasteiger partial charge in [-0.15, -0.1) is 0 Å². The third-order valence-corrected chi connectivity index (χ3v) is 3.28. The van der Waals surface area contributed by atoms with Crippen molar-refractivity contribution in [1.29, 1.82) is 0 Å². The van der Waals surface area contributed by atoms with E-state index in [1.807, 2.05) is 4.98 Å². The molecule has 1 fully saturated rings. The largest absolute Gasteiger partial charge is 0.338 e. The van der Waals surface area contributed by atoms with Gasteiger partial charge in [0.05, 0.1) is 0 Å². The predicted octanol–water partition coefficient (Wildman–Crippen LogP) is -1.13. The van der Waals surface area contributed by atoms with Gasteiger partial charge in [0.15, 0.2) is 0 Å². The van der Waals surface area contributed by atoms with Crippen LogP contribution in [0.15, 0.2) is 15.8 Å². The zero-order chi connectivity index (χ0) is 13.1. The molecular weight excluding hydrogens is 236 g/mol. The van der Waals surface area contributed by atoms with Gasteiger partial charge in [0.2, 0.25) is 0 Å². The van der Waals surface area contributed by atoms with E-state index >= 15 is 0 Å². The maximum Gasteiger partial charge on any atom is 0.325 e. The van der Waals surface area contributed by atoms with Gasteiger partial charge in [-0.3, -0.25) is 14.6 Å². The van der Waals surface area contributed by atoms with E-state index in [1.165, 1.54) is 6.20 Å². The van der Waals surface area contributed by atoms with Crippen LogP contribution in [0.5, 0.6) is 0 Å². The summed E-state index contributed by atoms with van der Waals surface area (Å²) in [6.45, 7) is 1.82. The lowest BCUT2D eigenvalue weighted by molar-refractivity contribution is 0.0691. The van der Waals surface area contributed by atoms with Gasteiger partial charge >= 0.3 is 5.69 Å². The first-order valence-corrected chi connectivity index (χ1v) is 5.93. The summed E-state index contributed by atoms with van der Waals surface area (Å²) in [7, 11) is 0. The van der Waals surface area contributed by atoms with Crippen molar-refractivity contribution >= 4 is 5.91 Å². The number of likely N-dealkylation sites (tertiary alicyclic amines) is 1. The molecule has 4 N–H and O–H groups in total. The lowest BCUT2D eigenvalue weighted by Gasteiger charge is -2.31. The van der Waals surface area contributed by atoms with Crippen LogP contribution in [0.3, 0.4) is 0 Å². The number of H-pyrrole nitrogens is 2. The summed E-state index contributed by atoms with van der Waals surface area (Å²) in [6.07, 6.45) is 2.87. The van der Waals surface area contributed by atoms with E-state index in [9.17, 15) is 14.4 Å². The summed E-state index contributed by atoms with van der Waals surface area (Å²) < 4.78 is 0. The van der Waals surface area contributed by atoms with Crippen molar-refractivity contribution in [1.82, 2.24) is 14.9 Å². The minimum Gasteiger partial charge on any atom is -0.338 e. The molecule has 18 heavy (non-hydrogen) atoms. The van der Waals surface area contributed by atoms with E-state index in [0.717, 1.165) is 12.8 Å². The normalized spacial score (nSPS) is 16.8. The fourth-order valence-corrected chi connectivity index (χ4v) is 2.11. The molecule has 0 aliphatic carbocycles. The highest BCUT2D eigenvalue weighted by Gasteiger charge is 2.24. The fraction of sp³-hybridized carbons (Fsp3) is 0.545. The van der Waals surface area contributed by atoms with E-state index in [0.29, 0.717) is 25.6 Å². The Hall–Kier alpha value is -1.89. The monoisotopic (exact) mass is 252 g/mol. The number of carbonyl (C=O) groups is 1. The summed E-state index contributed by atoms with van der Waals surface area (Å²) >= 11 is 0. The van der Waals surface area contributed by atoms with Crippen molar-refractivity contribution in [2.24, 2.45) is 11.7 Å². The van der Waals surface area contributed by atoms with Crippen molar-refractivity contribution in [3.05, 3.63) is 32.6 Å². The molecule has 0 saturated carbocycles. The summed E-state index contributed by atoms with van der Waals surface area (Å²) in [4.78, 5) is 40.4. The summed E-state index contributed by atoms with van der Waals surface area (Å²) in [5.74, 6) is 0.103. The van der Waals surface area contributed by atoms with Gasteiger partial charge in [0.1, 0.15) is 5.56 Å². The van der Waals surface area contributed by atoms with Crippen LogP contribution in [0.1, 0.15) is 23.2 Å². The molecule has 98 valence electrons. The Morgan fingerprint density at radius 2 is 2.06 bits per heavy atom. The maximum atomic E-state index is 12.1. The van der Waals surface area contributed by atoms with Crippen LogP contribution >= 0.6 is 0 Å². The predicted molar refractivity (Wildman–Crippen MR) is 65.4 cm³/mol. The standard InChI is InChI=1S/C11H16N4O3/c12-5-7-1-3-15(4-2-7)10(17)8-6-13-11(18)14-9(8)16/h6-7H,1-5,12H2,(H2,13,14,16,18). The van der Waals surface area contributed by atoms with Gasteiger partial charge in [0, 0.05) is 19.3 Å². The molecule has 0 spiro atoms. The molecule has 2 rings (SSSR count). The first-order chi connectivity index (χ1) is 8.61. The number of rotatable bonds is 2. The molecule has 0 atom stereocenters. The molecule has 1 aliphatic rings. The summed E-state index contributed by atoms with van der Waals surface area (Å²) in [5.41, 5.74) is 4.29. The lowest BCUT2D eigenvalue weighted by Crippen LogP contribution is -2.42. The third kappa shape index (κ3) is 2.51. The van der Waals surface area contributed by atoms with Crippen LogP contribution in [-0.2, 0) is 0 Å². The molecule has 0 aromatic carbocycles. The second-order valence-electron chi connectivity index (χ2n) is 4.46. The molecule has 1 aromatic rings. The van der Waals surface area contributed by atoms with Crippen molar-refractivity contribution in [3.63, 3.8) is 0 Å². The Balaban J connectivity index is 2.13. The molecule has 0 bridgehead atoms. The summed E-state index contributed by atoms with van der Waals surface area (Å²) in [6, 6.07) is 0. The average molecular weight is 252 g/mol. The second-order valence-corrected chi connectivity index (χ2v) is 4.46. The van der Waals surface area contributed by atoms with Crippen LogP contribution < -0.4 is 17.0 Å². The van der Waals surface area contributed by atoms with E-state index < -0.39 is 11.2 Å². The van der Waals surface area contributed by atoms with E-state index in [-0.39, 0.29) is 11.5 Å². The number of piperidine rings is 1. The number of nitrogens with two attached hydrogens (primary N) is 1. The lowest BCUT2D eigenvalue weighted by atomic mass is 9.97. The molecule has 1 aromatic heterocycles. The fourth-order valence-electron chi connectivity index (χ4n) is 2.11. The zero-order valence-corrected chi connectivity index (χ0v) is 9.94. The molecule has 1 amide bonds. The topological polar surface area (TPSA) is 112 Å². The van der Waals surface area contributed by atoms with Gasteiger partial charge in [-0.25, -0.2) is 4.79 Å². The highest BCUT2D eigenvalue weighted by Crippen LogP contribution is 2.16. The smallest absolute Gasteiger partial charge is 0.325 e. The maximum absolute atomic E-state index is 12.1. The van der Waals surface area contributed by atoms with Gasteiger partial charge in [-0.05, 0) is 25.3 Å². The van der Waals surface area contributed by atoms with Crippen LogP contribution in [0, 0.1) is 5.92 Å². The van der Waals surface area contributed by atoms with Crippen LogP contribution in [0.4, 0.5) is 0 Å². The SMILES string of the molecule is NCC1CCN(C(=O)c2c[nH]c(=O)[nH]c2=O)CC1. The number of hydrogen-bond acceptors (Lipinski definition) is 4. The molecule has 2 heterocycles. The molecule has 0 radical (unpaired) electrons. The molecule has 0 unspecified atom stereocenters. The quantitative estimate of drug-likeness (QED) is 0.618. The van der Waals surface area contributed by atoms with Crippen LogP contribution in [0.2, 0.25) is 0 Å². The highest BCUT2D eigenvalue weighted by molar-refractivity contribution is 5.93. The number of nitrogens with zero attached hydrogens (tertiary/aromatic N) is 1. The Morgan fingerprint density at radius 3 is 2.61 bits per heavy atom. The first-order valence-electron chi connectivity index (χ1n) is 5.93. The van der Waals surface area contributed by atoms with Gasteiger partial charge in [-0.1, -0.05) is 0 Å². The number of amides is 1. The van der Waals surface area contributed by atoms with E-state index in [2.05, 4.69) is 4.98 Å². The molecule has 1 aliphatic heterocycles. The second kappa shape index (κ2) is 5.18. The Labute approximate surface area is 103 Å². The number of aromatic amines is 2. The summed E-state index contributed by atoms with van der Waals surface area (Å²) in [5, 5.41) is 0. The Morgan fingerprint density at radius 1 is 1.39 bits per heavy atom. The van der Waals surface area contributed by atoms with Crippen molar-refractivity contribution in [3.8, 4) is 0 Å². The minimum absolute atomic E-state index is 0.0270. The Kier molecular flexibility index (Phi) is 3.61. The van der Waals surface area contributed by atoms with Crippen molar-refractivity contribution < 1.29 is 4.79 Å². The molecule has 7 nitrogen and oxygen atoms in total. The number of hydrogen-bond donors (Lipinski definition) is 3. The third-order valence-electron chi connectivity index (χ3n) is 3.28. The Bertz CT molecular complexity index is 540. The van der Waals surface area contributed by atoms with Gasteiger partial charge < -0.3 is 15.6 Å².